The normalized spacial score (nSPS) is 14.2. The van der Waals surface area contributed by atoms with E-state index >= 15 is 0 Å². The van der Waals surface area contributed by atoms with Crippen LogP contribution in [0.15, 0.2) is 0 Å². The van der Waals surface area contributed by atoms with Gasteiger partial charge < -0.3 is 15.2 Å². The highest BCUT2D eigenvalue weighted by Crippen LogP contribution is 2.07. The van der Waals surface area contributed by atoms with Gasteiger partial charge in [0, 0.05) is 0 Å². The quantitative estimate of drug-likeness (QED) is 0.652. The summed E-state index contributed by atoms with van der Waals surface area (Å²) in [6, 6.07) is -0.624. The van der Waals surface area contributed by atoms with E-state index in [1.807, 2.05) is 13.8 Å². The van der Waals surface area contributed by atoms with E-state index < -0.39 is 18.1 Å². The van der Waals surface area contributed by atoms with Crippen molar-refractivity contribution in [2.24, 2.45) is 5.92 Å². The summed E-state index contributed by atoms with van der Waals surface area (Å²) in [5.41, 5.74) is 0. The van der Waals surface area contributed by atoms with E-state index in [4.69, 9.17) is 9.84 Å². The number of carbonyl (C=O) groups is 2. The zero-order valence-electron chi connectivity index (χ0n) is 11.0. The van der Waals surface area contributed by atoms with Crippen LogP contribution in [0.2, 0.25) is 0 Å². The maximum Gasteiger partial charge on any atom is 0.328 e. The average Bonchev–Trinajstić information content (AvgIpc) is 2.14. The zero-order valence-corrected chi connectivity index (χ0v) is 11.0. The minimum absolute atomic E-state index is 0.00595. The van der Waals surface area contributed by atoms with Crippen molar-refractivity contribution in [3.8, 4) is 0 Å². The molecule has 2 N–H and O–H groups in total. The number of carbonyl (C=O) groups excluding carboxylic acids is 2. The molecule has 0 aromatic rings. The fraction of sp³-hybridized carbons (Fsp3) is 0.833. The third-order valence-corrected chi connectivity index (χ3v) is 2.09. The van der Waals surface area contributed by atoms with Crippen molar-refractivity contribution in [1.29, 1.82) is 0 Å². The van der Waals surface area contributed by atoms with Gasteiger partial charge in [-0.2, -0.15) is 0 Å². The molecule has 0 fully saturated rings. The molecule has 1 unspecified atom stereocenters. The van der Waals surface area contributed by atoms with Gasteiger partial charge in [-0.25, -0.2) is 4.79 Å². The van der Waals surface area contributed by atoms with E-state index in [0.29, 0.717) is 13.0 Å². The summed E-state index contributed by atoms with van der Waals surface area (Å²) >= 11 is 0. The molecule has 0 aliphatic rings. The molecule has 0 saturated heterocycles. The molecule has 1 amide bonds. The molecule has 0 saturated carbocycles. The summed E-state index contributed by atoms with van der Waals surface area (Å²) in [4.78, 5) is 23.1. The molecule has 0 aromatic heterocycles. The summed E-state index contributed by atoms with van der Waals surface area (Å²) in [7, 11) is 0. The van der Waals surface area contributed by atoms with Gasteiger partial charge in [0.2, 0.25) is 5.91 Å². The molecule has 2 atom stereocenters. The van der Waals surface area contributed by atoms with Crippen molar-refractivity contribution in [2.75, 3.05) is 6.61 Å². The second-order valence-electron chi connectivity index (χ2n) is 4.55. The number of ether oxygens (including phenoxy) is 1. The van der Waals surface area contributed by atoms with Crippen LogP contribution in [-0.2, 0) is 14.3 Å². The van der Waals surface area contributed by atoms with E-state index in [1.54, 1.807) is 6.92 Å². The average molecular weight is 245 g/mol. The number of nitrogens with one attached hydrogen (secondary N) is 1. The lowest BCUT2D eigenvalue weighted by Gasteiger charge is -2.19. The maximum absolute atomic E-state index is 11.6. The standard InChI is InChI=1S/C12H23NO4/c1-5-17-12(16)10(6-8(2)3)13-11(15)7-9(4)14/h8-10,14H,5-7H2,1-4H3,(H,13,15)/t9?,10-/m0/s1. The van der Waals surface area contributed by atoms with Gasteiger partial charge in [-0.15, -0.1) is 0 Å². The predicted octanol–water partition coefficient (Wildman–Crippen LogP) is 0.851. The molecule has 5 nitrogen and oxygen atoms in total. The molecule has 17 heavy (non-hydrogen) atoms. The first-order valence-corrected chi connectivity index (χ1v) is 6.00. The van der Waals surface area contributed by atoms with Gasteiger partial charge in [0.15, 0.2) is 0 Å². The number of aliphatic hydroxyl groups excluding tert-OH is 1. The Kier molecular flexibility index (Phi) is 7.54. The van der Waals surface area contributed by atoms with Gasteiger partial charge in [0.25, 0.3) is 0 Å². The Morgan fingerprint density at radius 1 is 1.29 bits per heavy atom. The lowest BCUT2D eigenvalue weighted by atomic mass is 10.0. The molecular weight excluding hydrogens is 222 g/mol. The zero-order chi connectivity index (χ0) is 13.4. The largest absolute Gasteiger partial charge is 0.464 e. The second-order valence-corrected chi connectivity index (χ2v) is 4.55. The summed E-state index contributed by atoms with van der Waals surface area (Å²) in [5, 5.41) is 11.7. The number of hydrogen-bond acceptors (Lipinski definition) is 4. The second kappa shape index (κ2) is 8.06. The summed E-state index contributed by atoms with van der Waals surface area (Å²) in [6.45, 7) is 7.48. The molecule has 0 aliphatic heterocycles. The third-order valence-electron chi connectivity index (χ3n) is 2.09. The van der Waals surface area contributed by atoms with Crippen molar-refractivity contribution >= 4 is 11.9 Å². The highest BCUT2D eigenvalue weighted by atomic mass is 16.5. The SMILES string of the molecule is CCOC(=O)[C@H](CC(C)C)NC(=O)CC(C)O. The molecule has 0 heterocycles. The Morgan fingerprint density at radius 3 is 2.29 bits per heavy atom. The lowest BCUT2D eigenvalue weighted by Crippen LogP contribution is -2.43. The van der Waals surface area contributed by atoms with Crippen LogP contribution in [-0.4, -0.2) is 35.7 Å². The van der Waals surface area contributed by atoms with Gasteiger partial charge in [0.1, 0.15) is 6.04 Å². The van der Waals surface area contributed by atoms with Gasteiger partial charge in [-0.05, 0) is 26.2 Å². The van der Waals surface area contributed by atoms with Crippen LogP contribution >= 0.6 is 0 Å². The van der Waals surface area contributed by atoms with Gasteiger partial charge in [-0.1, -0.05) is 13.8 Å². The monoisotopic (exact) mass is 245 g/mol. The predicted molar refractivity (Wildman–Crippen MR) is 64.3 cm³/mol. The van der Waals surface area contributed by atoms with Crippen molar-refractivity contribution in [1.82, 2.24) is 5.32 Å². The number of rotatable bonds is 7. The number of hydrogen-bond donors (Lipinski definition) is 2. The van der Waals surface area contributed by atoms with Gasteiger partial charge in [0.05, 0.1) is 19.1 Å². The molecular formula is C12H23NO4. The van der Waals surface area contributed by atoms with Crippen LogP contribution < -0.4 is 5.32 Å². The molecule has 100 valence electrons. The van der Waals surface area contributed by atoms with E-state index in [0.717, 1.165) is 0 Å². The Bertz CT molecular complexity index is 251. The van der Waals surface area contributed by atoms with Gasteiger partial charge in [-0.3, -0.25) is 4.79 Å². The Morgan fingerprint density at radius 2 is 1.88 bits per heavy atom. The fourth-order valence-electron chi connectivity index (χ4n) is 1.45. The highest BCUT2D eigenvalue weighted by Gasteiger charge is 2.23. The van der Waals surface area contributed by atoms with Crippen molar-refractivity contribution in [2.45, 2.75) is 52.7 Å². The highest BCUT2D eigenvalue weighted by molar-refractivity contribution is 5.84. The molecule has 5 heteroatoms. The van der Waals surface area contributed by atoms with Gasteiger partial charge >= 0.3 is 5.97 Å². The van der Waals surface area contributed by atoms with Crippen LogP contribution in [0.5, 0.6) is 0 Å². The van der Waals surface area contributed by atoms with Crippen molar-refractivity contribution in [3.05, 3.63) is 0 Å². The Balaban J connectivity index is 4.37. The topological polar surface area (TPSA) is 75.6 Å². The number of amides is 1. The van der Waals surface area contributed by atoms with Crippen LogP contribution in [0.3, 0.4) is 0 Å². The van der Waals surface area contributed by atoms with Crippen LogP contribution in [0.25, 0.3) is 0 Å². The first kappa shape index (κ1) is 15.9. The summed E-state index contributed by atoms with van der Waals surface area (Å²) < 4.78 is 4.89. The van der Waals surface area contributed by atoms with Crippen LogP contribution in [0.4, 0.5) is 0 Å². The molecule has 0 spiro atoms. The number of esters is 1. The Labute approximate surface area is 103 Å². The minimum Gasteiger partial charge on any atom is -0.464 e. The van der Waals surface area contributed by atoms with Crippen LogP contribution in [0.1, 0.15) is 40.5 Å². The first-order chi connectivity index (χ1) is 7.86. The molecule has 0 rings (SSSR count). The summed E-state index contributed by atoms with van der Waals surface area (Å²) in [6.07, 6.45) is -0.185. The molecule has 0 radical (unpaired) electrons. The molecule has 0 aliphatic carbocycles. The third kappa shape index (κ3) is 7.74. The Hall–Kier alpha value is -1.10. The maximum atomic E-state index is 11.6. The number of aliphatic hydroxyl groups is 1. The smallest absolute Gasteiger partial charge is 0.328 e. The van der Waals surface area contributed by atoms with Crippen LogP contribution in [0, 0.1) is 5.92 Å². The fourth-order valence-corrected chi connectivity index (χ4v) is 1.45. The van der Waals surface area contributed by atoms with E-state index in [1.165, 1.54) is 6.92 Å². The minimum atomic E-state index is -0.711. The first-order valence-electron chi connectivity index (χ1n) is 6.00. The van der Waals surface area contributed by atoms with E-state index in [9.17, 15) is 9.59 Å². The molecule has 0 bridgehead atoms. The molecule has 0 aromatic carbocycles. The van der Waals surface area contributed by atoms with Crippen molar-refractivity contribution < 1.29 is 19.4 Å². The lowest BCUT2D eigenvalue weighted by molar-refractivity contribution is -0.148. The van der Waals surface area contributed by atoms with Crippen molar-refractivity contribution in [3.63, 3.8) is 0 Å². The van der Waals surface area contributed by atoms with E-state index in [2.05, 4.69) is 5.32 Å². The van der Waals surface area contributed by atoms with E-state index in [-0.39, 0.29) is 18.2 Å². The summed E-state index contributed by atoms with van der Waals surface area (Å²) in [5.74, 6) is -0.477.